The van der Waals surface area contributed by atoms with Gasteiger partial charge in [0.2, 0.25) is 0 Å². The summed E-state index contributed by atoms with van der Waals surface area (Å²) in [4.78, 5) is 21.1. The maximum atomic E-state index is 12.6. The standard InChI is InChI=1S/C15H18N4OS.2ClH/c16-13-5-2-1-4-12(13)14(20)18-7-3-8-19(10-9-18)15-17-6-11-21-15;;/h1-2,4-6,11H,3,7-10,16H2;2*1H. The zero-order valence-corrected chi connectivity index (χ0v) is 15.0. The van der Waals surface area contributed by atoms with Crippen LogP contribution in [0.5, 0.6) is 0 Å². The van der Waals surface area contributed by atoms with Gasteiger partial charge in [-0.2, -0.15) is 0 Å². The van der Waals surface area contributed by atoms with Crippen molar-refractivity contribution in [3.05, 3.63) is 41.4 Å². The fourth-order valence-corrected chi connectivity index (χ4v) is 3.24. The van der Waals surface area contributed by atoms with Gasteiger partial charge in [-0.3, -0.25) is 4.79 Å². The molecule has 0 aliphatic carbocycles. The van der Waals surface area contributed by atoms with Gasteiger partial charge in [0.1, 0.15) is 0 Å². The van der Waals surface area contributed by atoms with Crippen molar-refractivity contribution in [3.8, 4) is 0 Å². The molecule has 2 aromatic rings. The molecule has 126 valence electrons. The van der Waals surface area contributed by atoms with Crippen LogP contribution in [-0.2, 0) is 0 Å². The van der Waals surface area contributed by atoms with Crippen molar-refractivity contribution in [1.82, 2.24) is 9.88 Å². The quantitative estimate of drug-likeness (QED) is 0.820. The monoisotopic (exact) mass is 374 g/mol. The number of amides is 1. The molecule has 1 fully saturated rings. The SMILES string of the molecule is Cl.Cl.Nc1ccccc1C(=O)N1CCCN(c2nccs2)CC1. The highest BCUT2D eigenvalue weighted by molar-refractivity contribution is 7.13. The Kier molecular flexibility index (Phi) is 7.61. The van der Waals surface area contributed by atoms with Crippen molar-refractivity contribution in [1.29, 1.82) is 0 Å². The number of nitrogens with two attached hydrogens (primary N) is 1. The third-order valence-electron chi connectivity index (χ3n) is 3.66. The minimum absolute atomic E-state index is 0. The number of carbonyl (C=O) groups is 1. The Bertz CT molecular complexity index is 624. The number of benzene rings is 1. The fraction of sp³-hybridized carbons (Fsp3) is 0.333. The maximum Gasteiger partial charge on any atom is 0.256 e. The van der Waals surface area contributed by atoms with Crippen molar-refractivity contribution in [3.63, 3.8) is 0 Å². The number of carbonyl (C=O) groups excluding carboxylic acids is 1. The molecule has 2 heterocycles. The molecule has 1 aromatic carbocycles. The van der Waals surface area contributed by atoms with Crippen LogP contribution < -0.4 is 10.6 Å². The van der Waals surface area contributed by atoms with Crippen molar-refractivity contribution in [2.45, 2.75) is 6.42 Å². The van der Waals surface area contributed by atoms with Crippen LogP contribution in [0.3, 0.4) is 0 Å². The Hall–Kier alpha value is -1.50. The largest absolute Gasteiger partial charge is 0.398 e. The summed E-state index contributed by atoms with van der Waals surface area (Å²) < 4.78 is 0. The number of halogens is 2. The van der Waals surface area contributed by atoms with E-state index >= 15 is 0 Å². The van der Waals surface area contributed by atoms with Crippen LogP contribution in [0.2, 0.25) is 0 Å². The lowest BCUT2D eigenvalue weighted by atomic mass is 10.1. The molecule has 23 heavy (non-hydrogen) atoms. The fourth-order valence-electron chi connectivity index (χ4n) is 2.55. The summed E-state index contributed by atoms with van der Waals surface area (Å²) >= 11 is 1.64. The highest BCUT2D eigenvalue weighted by atomic mass is 35.5. The Morgan fingerprint density at radius 3 is 2.61 bits per heavy atom. The van der Waals surface area contributed by atoms with E-state index in [1.807, 2.05) is 28.6 Å². The Labute approximate surface area is 152 Å². The van der Waals surface area contributed by atoms with Crippen molar-refractivity contribution in [2.24, 2.45) is 0 Å². The molecule has 2 N–H and O–H groups in total. The summed E-state index contributed by atoms with van der Waals surface area (Å²) in [5, 5.41) is 3.01. The molecule has 1 saturated heterocycles. The topological polar surface area (TPSA) is 62.5 Å². The predicted molar refractivity (Wildman–Crippen MR) is 100 cm³/mol. The van der Waals surface area contributed by atoms with E-state index in [-0.39, 0.29) is 30.7 Å². The van der Waals surface area contributed by atoms with E-state index in [9.17, 15) is 4.79 Å². The van der Waals surface area contributed by atoms with Crippen molar-refractivity contribution < 1.29 is 4.79 Å². The average Bonchev–Trinajstić information content (AvgIpc) is 2.92. The number of nitrogens with zero attached hydrogens (tertiary/aromatic N) is 3. The first kappa shape index (κ1) is 19.5. The van der Waals surface area contributed by atoms with E-state index in [0.29, 0.717) is 17.8 Å². The molecule has 1 aromatic heterocycles. The van der Waals surface area contributed by atoms with Gasteiger partial charge in [-0.25, -0.2) is 4.98 Å². The van der Waals surface area contributed by atoms with Gasteiger partial charge < -0.3 is 15.5 Å². The molecule has 3 rings (SSSR count). The molecule has 1 aliphatic heterocycles. The third-order valence-corrected chi connectivity index (χ3v) is 4.50. The van der Waals surface area contributed by atoms with Crippen molar-refractivity contribution >= 4 is 52.9 Å². The van der Waals surface area contributed by atoms with Gasteiger partial charge in [-0.1, -0.05) is 12.1 Å². The second-order valence-electron chi connectivity index (χ2n) is 5.03. The molecule has 0 radical (unpaired) electrons. The van der Waals surface area contributed by atoms with E-state index < -0.39 is 0 Å². The van der Waals surface area contributed by atoms with E-state index in [0.717, 1.165) is 31.2 Å². The highest BCUT2D eigenvalue weighted by Gasteiger charge is 2.22. The van der Waals surface area contributed by atoms with Gasteiger partial charge in [0.15, 0.2) is 5.13 Å². The zero-order valence-electron chi connectivity index (χ0n) is 12.6. The molecule has 5 nitrogen and oxygen atoms in total. The first-order valence-corrected chi connectivity index (χ1v) is 7.92. The lowest BCUT2D eigenvalue weighted by molar-refractivity contribution is 0.0768. The Morgan fingerprint density at radius 2 is 1.91 bits per heavy atom. The smallest absolute Gasteiger partial charge is 0.256 e. The molecular formula is C15H20Cl2N4OS. The summed E-state index contributed by atoms with van der Waals surface area (Å²) in [6.45, 7) is 3.20. The van der Waals surface area contributed by atoms with Gasteiger partial charge in [0, 0.05) is 43.4 Å². The Morgan fingerprint density at radius 1 is 1.13 bits per heavy atom. The van der Waals surface area contributed by atoms with Gasteiger partial charge in [-0.15, -0.1) is 36.2 Å². The molecule has 0 unspecified atom stereocenters. The number of rotatable bonds is 2. The molecule has 0 bridgehead atoms. The average molecular weight is 375 g/mol. The number of hydrogen-bond acceptors (Lipinski definition) is 5. The molecule has 1 aliphatic rings. The van der Waals surface area contributed by atoms with Gasteiger partial charge in [-0.05, 0) is 18.6 Å². The first-order chi connectivity index (χ1) is 10.3. The summed E-state index contributed by atoms with van der Waals surface area (Å²) in [7, 11) is 0. The van der Waals surface area contributed by atoms with Crippen LogP contribution in [0.4, 0.5) is 10.8 Å². The number of hydrogen-bond donors (Lipinski definition) is 1. The third kappa shape index (κ3) is 4.50. The molecule has 1 amide bonds. The molecule has 8 heteroatoms. The van der Waals surface area contributed by atoms with Gasteiger partial charge in [0.05, 0.1) is 5.56 Å². The van der Waals surface area contributed by atoms with E-state index in [2.05, 4.69) is 9.88 Å². The Balaban J connectivity index is 0.00000132. The van der Waals surface area contributed by atoms with Crippen molar-refractivity contribution in [2.75, 3.05) is 36.8 Å². The summed E-state index contributed by atoms with van der Waals surface area (Å²) in [5.41, 5.74) is 7.05. The molecular weight excluding hydrogens is 355 g/mol. The molecule has 0 saturated carbocycles. The molecule has 0 atom stereocenters. The molecule has 0 spiro atoms. The minimum Gasteiger partial charge on any atom is -0.398 e. The van der Waals surface area contributed by atoms with E-state index in [4.69, 9.17) is 5.73 Å². The minimum atomic E-state index is 0. The van der Waals surface area contributed by atoms with Gasteiger partial charge in [0.25, 0.3) is 5.91 Å². The number of nitrogen functional groups attached to an aromatic ring is 1. The van der Waals surface area contributed by atoms with Crippen LogP contribution in [-0.4, -0.2) is 42.0 Å². The lowest BCUT2D eigenvalue weighted by Crippen LogP contribution is -2.35. The number of thiazole rings is 1. The van der Waals surface area contributed by atoms with Crippen LogP contribution in [0.25, 0.3) is 0 Å². The van der Waals surface area contributed by atoms with Gasteiger partial charge >= 0.3 is 0 Å². The summed E-state index contributed by atoms with van der Waals surface area (Å²) in [6.07, 6.45) is 2.76. The lowest BCUT2D eigenvalue weighted by Gasteiger charge is -2.22. The summed E-state index contributed by atoms with van der Waals surface area (Å²) in [6, 6.07) is 7.26. The number of para-hydroxylation sites is 1. The predicted octanol–water partition coefficient (Wildman–Crippen LogP) is 2.92. The normalized spacial score (nSPS) is 14.4. The summed E-state index contributed by atoms with van der Waals surface area (Å²) in [5.74, 6) is 0.0223. The zero-order chi connectivity index (χ0) is 14.7. The number of anilines is 2. The maximum absolute atomic E-state index is 12.6. The van der Waals surface area contributed by atoms with Crippen LogP contribution in [0.1, 0.15) is 16.8 Å². The van der Waals surface area contributed by atoms with Crippen LogP contribution in [0, 0.1) is 0 Å². The van der Waals surface area contributed by atoms with E-state index in [1.165, 1.54) is 0 Å². The second-order valence-corrected chi connectivity index (χ2v) is 5.91. The van der Waals surface area contributed by atoms with Crippen LogP contribution >= 0.6 is 36.2 Å². The highest BCUT2D eigenvalue weighted by Crippen LogP contribution is 2.20. The first-order valence-electron chi connectivity index (χ1n) is 7.04. The second kappa shape index (κ2) is 8.96. The number of aromatic nitrogens is 1. The van der Waals surface area contributed by atoms with E-state index in [1.54, 1.807) is 23.5 Å². The van der Waals surface area contributed by atoms with Crippen LogP contribution in [0.15, 0.2) is 35.8 Å².